The SMILES string of the molecule is Cc1noc(-c2cn([C@H]3CCN(C(=O)c4cccc(C(F)(F)F)c4)C3)nn2)n1. The van der Waals surface area contributed by atoms with Crippen LogP contribution in [0.15, 0.2) is 35.0 Å². The summed E-state index contributed by atoms with van der Waals surface area (Å²) in [6.45, 7) is 2.42. The number of hydrogen-bond acceptors (Lipinski definition) is 6. The second kappa shape index (κ2) is 6.73. The summed E-state index contributed by atoms with van der Waals surface area (Å²) in [5.41, 5.74) is -0.413. The summed E-state index contributed by atoms with van der Waals surface area (Å²) in [5, 5.41) is 11.7. The van der Waals surface area contributed by atoms with Gasteiger partial charge in [-0.3, -0.25) is 4.79 Å². The monoisotopic (exact) mass is 392 g/mol. The van der Waals surface area contributed by atoms with Crippen LogP contribution in [0.3, 0.4) is 0 Å². The van der Waals surface area contributed by atoms with E-state index >= 15 is 0 Å². The van der Waals surface area contributed by atoms with Gasteiger partial charge in [-0.1, -0.05) is 16.4 Å². The molecule has 2 aromatic heterocycles. The van der Waals surface area contributed by atoms with E-state index in [-0.39, 0.29) is 17.5 Å². The van der Waals surface area contributed by atoms with Crippen LogP contribution in [0.25, 0.3) is 11.6 Å². The van der Waals surface area contributed by atoms with E-state index in [0.29, 0.717) is 31.0 Å². The minimum Gasteiger partial charge on any atom is -0.336 e. The minimum absolute atomic E-state index is 0.0103. The number of carbonyl (C=O) groups excluding carboxylic acids is 1. The molecule has 4 rings (SSSR count). The van der Waals surface area contributed by atoms with Gasteiger partial charge >= 0.3 is 6.18 Å². The first kappa shape index (κ1) is 18.1. The van der Waals surface area contributed by atoms with Gasteiger partial charge in [0.25, 0.3) is 11.8 Å². The number of aryl methyl sites for hydroxylation is 1. The van der Waals surface area contributed by atoms with Gasteiger partial charge in [0.1, 0.15) is 0 Å². The lowest BCUT2D eigenvalue weighted by Gasteiger charge is -2.17. The average Bonchev–Trinajstić information content (AvgIpc) is 3.40. The summed E-state index contributed by atoms with van der Waals surface area (Å²) in [6, 6.07) is 4.30. The predicted octanol–water partition coefficient (Wildman–Crippen LogP) is 2.74. The number of rotatable bonds is 3. The molecule has 11 heteroatoms. The number of carbonyl (C=O) groups is 1. The molecule has 28 heavy (non-hydrogen) atoms. The molecule has 1 aromatic carbocycles. The van der Waals surface area contributed by atoms with Crippen LogP contribution in [0.5, 0.6) is 0 Å². The molecule has 0 unspecified atom stereocenters. The highest BCUT2D eigenvalue weighted by Crippen LogP contribution is 2.30. The number of benzene rings is 1. The number of likely N-dealkylation sites (tertiary alicyclic amines) is 1. The molecule has 1 aliphatic heterocycles. The van der Waals surface area contributed by atoms with E-state index in [9.17, 15) is 18.0 Å². The molecule has 3 aromatic rings. The van der Waals surface area contributed by atoms with Crippen molar-refractivity contribution < 1.29 is 22.5 Å². The lowest BCUT2D eigenvalue weighted by atomic mass is 10.1. The van der Waals surface area contributed by atoms with Crippen LogP contribution in [0.4, 0.5) is 13.2 Å². The Bertz CT molecular complexity index is 1010. The molecule has 0 spiro atoms. The van der Waals surface area contributed by atoms with Crippen molar-refractivity contribution in [1.82, 2.24) is 30.0 Å². The predicted molar refractivity (Wildman–Crippen MR) is 89.1 cm³/mol. The van der Waals surface area contributed by atoms with E-state index in [1.165, 1.54) is 17.0 Å². The van der Waals surface area contributed by atoms with Crippen molar-refractivity contribution in [3.05, 3.63) is 47.4 Å². The molecular formula is C17H15F3N6O2. The topological polar surface area (TPSA) is 89.9 Å². The van der Waals surface area contributed by atoms with Crippen LogP contribution < -0.4 is 0 Å². The van der Waals surface area contributed by atoms with Gasteiger partial charge in [-0.05, 0) is 31.5 Å². The molecular weight excluding hydrogens is 377 g/mol. The number of alkyl halides is 3. The lowest BCUT2D eigenvalue weighted by molar-refractivity contribution is -0.137. The van der Waals surface area contributed by atoms with Gasteiger partial charge in [-0.2, -0.15) is 18.2 Å². The van der Waals surface area contributed by atoms with Gasteiger partial charge < -0.3 is 9.42 Å². The Kier molecular flexibility index (Phi) is 4.36. The number of aromatic nitrogens is 5. The fourth-order valence-electron chi connectivity index (χ4n) is 3.11. The van der Waals surface area contributed by atoms with Crippen molar-refractivity contribution in [2.45, 2.75) is 25.6 Å². The molecule has 1 amide bonds. The zero-order chi connectivity index (χ0) is 19.9. The number of hydrogen-bond donors (Lipinski definition) is 0. The first-order valence-electron chi connectivity index (χ1n) is 8.50. The Balaban J connectivity index is 1.47. The van der Waals surface area contributed by atoms with Crippen molar-refractivity contribution in [3.8, 4) is 11.6 Å². The third-order valence-corrected chi connectivity index (χ3v) is 4.52. The largest absolute Gasteiger partial charge is 0.416 e. The molecule has 3 heterocycles. The Hall–Kier alpha value is -3.24. The highest BCUT2D eigenvalue weighted by atomic mass is 19.4. The molecule has 0 N–H and O–H groups in total. The molecule has 8 nitrogen and oxygen atoms in total. The zero-order valence-corrected chi connectivity index (χ0v) is 14.7. The van der Waals surface area contributed by atoms with Crippen LogP contribution in [0.1, 0.15) is 34.2 Å². The van der Waals surface area contributed by atoms with E-state index < -0.39 is 17.6 Å². The normalized spacial score (nSPS) is 17.3. The fourth-order valence-corrected chi connectivity index (χ4v) is 3.11. The second-order valence-corrected chi connectivity index (χ2v) is 6.50. The summed E-state index contributed by atoms with van der Waals surface area (Å²) >= 11 is 0. The van der Waals surface area contributed by atoms with Gasteiger partial charge in [0.2, 0.25) is 0 Å². The van der Waals surface area contributed by atoms with Gasteiger partial charge in [0.05, 0.1) is 17.8 Å². The summed E-state index contributed by atoms with van der Waals surface area (Å²) in [5.74, 6) is 0.281. The maximum Gasteiger partial charge on any atom is 0.416 e. The lowest BCUT2D eigenvalue weighted by Crippen LogP contribution is -2.29. The third-order valence-electron chi connectivity index (χ3n) is 4.52. The molecule has 0 saturated carbocycles. The summed E-state index contributed by atoms with van der Waals surface area (Å²) < 4.78 is 45.3. The summed E-state index contributed by atoms with van der Waals surface area (Å²) in [7, 11) is 0. The molecule has 1 fully saturated rings. The summed E-state index contributed by atoms with van der Waals surface area (Å²) in [4.78, 5) is 18.2. The second-order valence-electron chi connectivity index (χ2n) is 6.50. The molecule has 0 bridgehead atoms. The molecule has 0 radical (unpaired) electrons. The van der Waals surface area contributed by atoms with Crippen LogP contribution in [-0.2, 0) is 6.18 Å². The molecule has 0 aliphatic carbocycles. The van der Waals surface area contributed by atoms with Crippen molar-refractivity contribution in [1.29, 1.82) is 0 Å². The Morgan fingerprint density at radius 2 is 2.14 bits per heavy atom. The van der Waals surface area contributed by atoms with E-state index in [1.807, 2.05) is 0 Å². The van der Waals surface area contributed by atoms with Crippen LogP contribution in [-0.4, -0.2) is 49.0 Å². The van der Waals surface area contributed by atoms with Gasteiger partial charge in [-0.25, -0.2) is 4.68 Å². The van der Waals surface area contributed by atoms with Crippen LogP contribution in [0, 0.1) is 6.92 Å². The Morgan fingerprint density at radius 1 is 1.32 bits per heavy atom. The molecule has 146 valence electrons. The quantitative estimate of drug-likeness (QED) is 0.681. The first-order valence-corrected chi connectivity index (χ1v) is 8.50. The Labute approximate surface area is 156 Å². The van der Waals surface area contributed by atoms with Crippen LogP contribution >= 0.6 is 0 Å². The number of amides is 1. The third kappa shape index (κ3) is 3.47. The maximum atomic E-state index is 12.9. The van der Waals surface area contributed by atoms with E-state index in [2.05, 4.69) is 20.5 Å². The zero-order valence-electron chi connectivity index (χ0n) is 14.7. The number of halogens is 3. The minimum atomic E-state index is -4.49. The van der Waals surface area contributed by atoms with Gasteiger partial charge in [0.15, 0.2) is 11.5 Å². The molecule has 1 atom stereocenters. The van der Waals surface area contributed by atoms with Crippen molar-refractivity contribution in [3.63, 3.8) is 0 Å². The fraction of sp³-hybridized carbons (Fsp3) is 0.353. The van der Waals surface area contributed by atoms with Gasteiger partial charge in [0, 0.05) is 18.7 Å². The smallest absolute Gasteiger partial charge is 0.336 e. The van der Waals surface area contributed by atoms with Gasteiger partial charge in [-0.15, -0.1) is 5.10 Å². The molecule has 1 saturated heterocycles. The highest BCUT2D eigenvalue weighted by molar-refractivity contribution is 5.94. The van der Waals surface area contributed by atoms with Crippen molar-refractivity contribution in [2.24, 2.45) is 0 Å². The average molecular weight is 392 g/mol. The highest BCUT2D eigenvalue weighted by Gasteiger charge is 2.33. The standard InChI is InChI=1S/C17H15F3N6O2/c1-10-21-15(28-23-10)14-9-26(24-22-14)13-5-6-25(8-13)16(27)11-3-2-4-12(7-11)17(18,19)20/h2-4,7,9,13H,5-6,8H2,1H3/t13-/m0/s1. The van der Waals surface area contributed by atoms with E-state index in [1.54, 1.807) is 17.8 Å². The van der Waals surface area contributed by atoms with Crippen LogP contribution in [0.2, 0.25) is 0 Å². The maximum absolute atomic E-state index is 12.9. The van der Waals surface area contributed by atoms with E-state index in [4.69, 9.17) is 4.52 Å². The summed E-state index contributed by atoms with van der Waals surface area (Å²) in [6.07, 6.45) is -2.24. The first-order chi connectivity index (χ1) is 13.3. The Morgan fingerprint density at radius 3 is 2.86 bits per heavy atom. The molecule has 1 aliphatic rings. The van der Waals surface area contributed by atoms with Crippen molar-refractivity contribution in [2.75, 3.05) is 13.1 Å². The van der Waals surface area contributed by atoms with E-state index in [0.717, 1.165) is 12.1 Å². The number of nitrogens with zero attached hydrogens (tertiary/aromatic N) is 6. The van der Waals surface area contributed by atoms with Crippen molar-refractivity contribution >= 4 is 5.91 Å².